The van der Waals surface area contributed by atoms with Gasteiger partial charge < -0.3 is 19.9 Å². The van der Waals surface area contributed by atoms with Crippen molar-refractivity contribution in [2.24, 2.45) is 5.73 Å². The van der Waals surface area contributed by atoms with E-state index >= 15 is 0 Å². The minimum absolute atomic E-state index is 0.190. The van der Waals surface area contributed by atoms with Gasteiger partial charge in [-0.25, -0.2) is 0 Å². The van der Waals surface area contributed by atoms with E-state index in [1.807, 2.05) is 24.3 Å². The predicted octanol–water partition coefficient (Wildman–Crippen LogP) is 3.96. The Bertz CT molecular complexity index is 892. The molecule has 6 nitrogen and oxygen atoms in total. The number of benzene rings is 2. The lowest BCUT2D eigenvalue weighted by atomic mass is 10.1. The molecule has 0 atom stereocenters. The number of halogens is 2. The third-order valence-corrected chi connectivity index (χ3v) is 4.17. The molecule has 0 aliphatic carbocycles. The topological polar surface area (TPSA) is 94.6 Å². The summed E-state index contributed by atoms with van der Waals surface area (Å²) in [5.74, 6) is 0.598. The van der Waals surface area contributed by atoms with Crippen molar-refractivity contribution in [3.05, 3.63) is 57.0 Å². The van der Waals surface area contributed by atoms with Gasteiger partial charge in [0.05, 0.1) is 12.1 Å². The molecule has 8 heteroatoms. The third kappa shape index (κ3) is 5.91. The first kappa shape index (κ1) is 20.6. The molecule has 0 spiro atoms. The average Bonchev–Trinajstić information content (AvgIpc) is 2.65. The number of ether oxygens (including phenoxy) is 3. The van der Waals surface area contributed by atoms with Gasteiger partial charge in [-0.1, -0.05) is 27.5 Å². The Morgan fingerprint density at radius 1 is 1.26 bits per heavy atom. The van der Waals surface area contributed by atoms with Crippen molar-refractivity contribution in [3.8, 4) is 23.3 Å². The van der Waals surface area contributed by atoms with E-state index in [2.05, 4.69) is 15.9 Å². The van der Waals surface area contributed by atoms with E-state index in [-0.39, 0.29) is 17.2 Å². The second-order valence-corrected chi connectivity index (χ2v) is 6.54. The fourth-order valence-electron chi connectivity index (χ4n) is 2.12. The minimum atomic E-state index is -0.821. The van der Waals surface area contributed by atoms with Crippen LogP contribution in [0.4, 0.5) is 0 Å². The van der Waals surface area contributed by atoms with Gasteiger partial charge in [0.15, 0.2) is 11.5 Å². The molecule has 2 aromatic carbocycles. The van der Waals surface area contributed by atoms with E-state index in [0.717, 1.165) is 10.2 Å². The van der Waals surface area contributed by atoms with Crippen molar-refractivity contribution in [2.45, 2.75) is 0 Å². The maximum absolute atomic E-state index is 11.2. The highest BCUT2D eigenvalue weighted by atomic mass is 79.9. The summed E-state index contributed by atoms with van der Waals surface area (Å²) >= 11 is 9.61. The minimum Gasteiger partial charge on any atom is -0.493 e. The van der Waals surface area contributed by atoms with Crippen LogP contribution < -0.4 is 19.9 Å². The number of nitrogens with two attached hydrogens (primary N) is 1. The van der Waals surface area contributed by atoms with Gasteiger partial charge in [-0.2, -0.15) is 5.26 Å². The lowest BCUT2D eigenvalue weighted by Crippen LogP contribution is -2.12. The number of nitrogens with zero attached hydrogens (tertiary/aromatic N) is 1. The van der Waals surface area contributed by atoms with Crippen LogP contribution in [0.15, 0.2) is 46.4 Å². The summed E-state index contributed by atoms with van der Waals surface area (Å²) in [5.41, 5.74) is 5.44. The van der Waals surface area contributed by atoms with Gasteiger partial charge in [-0.05, 0) is 48.0 Å². The Balaban J connectivity index is 2.07. The Labute approximate surface area is 170 Å². The summed E-state index contributed by atoms with van der Waals surface area (Å²) in [6, 6.07) is 12.3. The number of primary amides is 1. The van der Waals surface area contributed by atoms with Gasteiger partial charge in [0.25, 0.3) is 5.91 Å². The van der Waals surface area contributed by atoms with E-state index in [1.54, 1.807) is 18.2 Å². The second-order valence-electron chi connectivity index (χ2n) is 5.22. The van der Waals surface area contributed by atoms with Gasteiger partial charge >= 0.3 is 0 Å². The number of hydrogen-bond donors (Lipinski definition) is 1. The number of carbonyl (C=O) groups excluding carboxylic acids is 1. The SMILES string of the molecule is COc1cc(C=C(C#N)C(N)=O)cc(Cl)c1OCCOc1ccc(Br)cc1. The van der Waals surface area contributed by atoms with Crippen LogP contribution in [0.5, 0.6) is 17.2 Å². The summed E-state index contributed by atoms with van der Waals surface area (Å²) in [4.78, 5) is 11.2. The molecule has 0 bridgehead atoms. The summed E-state index contributed by atoms with van der Waals surface area (Å²) in [5, 5.41) is 9.21. The normalized spacial score (nSPS) is 10.8. The van der Waals surface area contributed by atoms with Crippen LogP contribution in [0.3, 0.4) is 0 Å². The van der Waals surface area contributed by atoms with Crippen LogP contribution in [0.25, 0.3) is 6.08 Å². The summed E-state index contributed by atoms with van der Waals surface area (Å²) in [6.45, 7) is 0.551. The molecule has 1 amide bonds. The number of hydrogen-bond acceptors (Lipinski definition) is 5. The smallest absolute Gasteiger partial charge is 0.259 e. The molecular formula is C19H16BrClN2O4. The summed E-state index contributed by atoms with van der Waals surface area (Å²) < 4.78 is 17.5. The number of amides is 1. The fourth-order valence-corrected chi connectivity index (χ4v) is 2.66. The Kier molecular flexibility index (Phi) is 7.53. The number of nitriles is 1. The second kappa shape index (κ2) is 9.86. The van der Waals surface area contributed by atoms with E-state index in [0.29, 0.717) is 23.7 Å². The molecular weight excluding hydrogens is 436 g/mol. The lowest BCUT2D eigenvalue weighted by molar-refractivity contribution is -0.114. The first-order valence-electron chi connectivity index (χ1n) is 7.75. The molecule has 0 heterocycles. The van der Waals surface area contributed by atoms with Crippen LogP contribution in [-0.2, 0) is 4.79 Å². The maximum Gasteiger partial charge on any atom is 0.259 e. The molecule has 0 aliphatic heterocycles. The van der Waals surface area contributed by atoms with E-state index < -0.39 is 5.91 Å². The third-order valence-electron chi connectivity index (χ3n) is 3.36. The van der Waals surface area contributed by atoms with Crippen molar-refractivity contribution in [1.29, 1.82) is 5.26 Å². The summed E-state index contributed by atoms with van der Waals surface area (Å²) in [7, 11) is 1.46. The van der Waals surface area contributed by atoms with Crippen molar-refractivity contribution in [2.75, 3.05) is 20.3 Å². The van der Waals surface area contributed by atoms with Crippen LogP contribution in [-0.4, -0.2) is 26.2 Å². The zero-order chi connectivity index (χ0) is 19.8. The van der Waals surface area contributed by atoms with Crippen molar-refractivity contribution >= 4 is 39.5 Å². The molecule has 2 aromatic rings. The molecule has 0 aliphatic rings. The standard InChI is InChI=1S/C19H16BrClN2O4/c1-25-17-10-12(8-13(11-22)19(23)24)9-16(21)18(17)27-7-6-26-15-4-2-14(20)3-5-15/h2-5,8-10H,6-7H2,1H3,(H2,23,24). The zero-order valence-electron chi connectivity index (χ0n) is 14.4. The quantitative estimate of drug-likeness (QED) is 0.372. The molecule has 0 fully saturated rings. The van der Waals surface area contributed by atoms with Crippen LogP contribution in [0, 0.1) is 11.3 Å². The van der Waals surface area contributed by atoms with Gasteiger partial charge in [-0.15, -0.1) is 0 Å². The highest BCUT2D eigenvalue weighted by molar-refractivity contribution is 9.10. The molecule has 2 rings (SSSR count). The monoisotopic (exact) mass is 450 g/mol. The van der Waals surface area contributed by atoms with Crippen molar-refractivity contribution in [3.63, 3.8) is 0 Å². The van der Waals surface area contributed by atoms with Gasteiger partial charge in [0.2, 0.25) is 0 Å². The maximum atomic E-state index is 11.2. The molecule has 0 radical (unpaired) electrons. The largest absolute Gasteiger partial charge is 0.493 e. The number of rotatable bonds is 8. The first-order chi connectivity index (χ1) is 12.9. The summed E-state index contributed by atoms with van der Waals surface area (Å²) in [6.07, 6.45) is 1.33. The molecule has 0 saturated heterocycles. The van der Waals surface area contributed by atoms with Crippen molar-refractivity contribution in [1.82, 2.24) is 0 Å². The molecule has 140 valence electrons. The van der Waals surface area contributed by atoms with Gasteiger partial charge in [-0.3, -0.25) is 4.79 Å². The first-order valence-corrected chi connectivity index (χ1v) is 8.92. The van der Waals surface area contributed by atoms with E-state index in [9.17, 15) is 4.79 Å². The molecule has 0 aromatic heterocycles. The Hall–Kier alpha value is -2.69. The molecule has 27 heavy (non-hydrogen) atoms. The molecule has 0 saturated carbocycles. The number of carbonyl (C=O) groups is 1. The molecule has 2 N–H and O–H groups in total. The van der Waals surface area contributed by atoms with E-state index in [1.165, 1.54) is 13.2 Å². The highest BCUT2D eigenvalue weighted by Crippen LogP contribution is 2.37. The van der Waals surface area contributed by atoms with Crippen LogP contribution in [0.2, 0.25) is 5.02 Å². The number of methoxy groups -OCH3 is 1. The average molecular weight is 452 g/mol. The lowest BCUT2D eigenvalue weighted by Gasteiger charge is -2.14. The van der Waals surface area contributed by atoms with Gasteiger partial charge in [0, 0.05) is 4.47 Å². The highest BCUT2D eigenvalue weighted by Gasteiger charge is 2.13. The van der Waals surface area contributed by atoms with E-state index in [4.69, 9.17) is 36.8 Å². The Morgan fingerprint density at radius 2 is 1.93 bits per heavy atom. The zero-order valence-corrected chi connectivity index (χ0v) is 16.7. The Morgan fingerprint density at radius 3 is 2.52 bits per heavy atom. The van der Waals surface area contributed by atoms with Crippen LogP contribution in [0.1, 0.15) is 5.56 Å². The predicted molar refractivity (Wildman–Crippen MR) is 106 cm³/mol. The van der Waals surface area contributed by atoms with Crippen molar-refractivity contribution < 1.29 is 19.0 Å². The molecule has 0 unspecified atom stereocenters. The fraction of sp³-hybridized carbons (Fsp3) is 0.158. The van der Waals surface area contributed by atoms with Gasteiger partial charge in [0.1, 0.15) is 30.6 Å². The van der Waals surface area contributed by atoms with Crippen LogP contribution >= 0.6 is 27.5 Å².